The molecule has 0 spiro atoms. The van der Waals surface area contributed by atoms with Crippen molar-refractivity contribution in [2.75, 3.05) is 5.32 Å². The molecule has 1 fully saturated rings. The van der Waals surface area contributed by atoms with E-state index in [1.54, 1.807) is 59.6 Å². The molecule has 2 unspecified atom stereocenters. The summed E-state index contributed by atoms with van der Waals surface area (Å²) >= 11 is 2.86. The number of amidine groups is 1. The predicted molar refractivity (Wildman–Crippen MR) is 162 cm³/mol. The first kappa shape index (κ1) is 28.3. The molecular formula is C31H27FN4O3S2. The summed E-state index contributed by atoms with van der Waals surface area (Å²) in [4.78, 5) is 45.8. The number of carbonyl (C=O) groups excluding carboxylic acids is 3. The molecule has 1 aromatic heterocycles. The van der Waals surface area contributed by atoms with Crippen LogP contribution in [0.3, 0.4) is 0 Å². The smallest absolute Gasteiger partial charge is 0.246 e. The number of benzene rings is 3. The quantitative estimate of drug-likeness (QED) is 0.249. The van der Waals surface area contributed by atoms with E-state index in [4.69, 9.17) is 0 Å². The fourth-order valence-corrected chi connectivity index (χ4v) is 6.11. The van der Waals surface area contributed by atoms with E-state index in [-0.39, 0.29) is 24.1 Å². The van der Waals surface area contributed by atoms with Gasteiger partial charge < -0.3 is 10.6 Å². The molecule has 4 aromatic rings. The van der Waals surface area contributed by atoms with Crippen LogP contribution in [-0.2, 0) is 27.3 Å². The number of amides is 3. The third kappa shape index (κ3) is 7.27. The summed E-state index contributed by atoms with van der Waals surface area (Å²) in [5, 5.41) is 7.44. The van der Waals surface area contributed by atoms with Crippen LogP contribution >= 0.6 is 23.1 Å². The number of rotatable bonds is 9. The number of nitrogens with one attached hydrogen (secondary N) is 2. The number of thiophene rings is 1. The molecule has 10 heteroatoms. The van der Waals surface area contributed by atoms with Crippen molar-refractivity contribution >= 4 is 57.4 Å². The fraction of sp³-hybridized carbons (Fsp3) is 0.161. The van der Waals surface area contributed by atoms with E-state index in [2.05, 4.69) is 15.6 Å². The summed E-state index contributed by atoms with van der Waals surface area (Å²) in [5.74, 6) is -1.11. The second-order valence-electron chi connectivity index (χ2n) is 9.44. The molecule has 1 saturated heterocycles. The molecule has 41 heavy (non-hydrogen) atoms. The highest BCUT2D eigenvalue weighted by Gasteiger charge is 2.39. The van der Waals surface area contributed by atoms with Gasteiger partial charge >= 0.3 is 0 Å². The molecule has 0 saturated carbocycles. The van der Waals surface area contributed by atoms with E-state index in [1.807, 2.05) is 47.8 Å². The Labute approximate surface area is 245 Å². The summed E-state index contributed by atoms with van der Waals surface area (Å²) in [6.45, 7) is 2.00. The summed E-state index contributed by atoms with van der Waals surface area (Å²) in [6, 6.07) is 25.5. The normalized spacial score (nSPS) is 16.5. The molecule has 2 heterocycles. The number of aliphatic imine (C=N–C) groups is 1. The van der Waals surface area contributed by atoms with E-state index < -0.39 is 17.1 Å². The molecule has 3 amide bonds. The van der Waals surface area contributed by atoms with Crippen molar-refractivity contribution in [3.63, 3.8) is 0 Å². The number of hydrogen-bond acceptors (Lipinski definition) is 6. The first-order chi connectivity index (χ1) is 19.9. The van der Waals surface area contributed by atoms with Crippen molar-refractivity contribution in [1.29, 1.82) is 0 Å². The van der Waals surface area contributed by atoms with E-state index >= 15 is 0 Å². The Balaban J connectivity index is 1.25. The standard InChI is InChI=1S/C31H27FN4O3S2/c1-20(33-27(37)17-21-7-3-2-4-8-21)29(38)34-24-14-12-22(13-15-24)28-30(39)36(19-26-11-6-16-40-26)31(41-28)35-25-10-5-9-23(32)18-25/h2-16,18,20,28H,17,19H2,1H3,(H,33,37)(H,34,38). The first-order valence-corrected chi connectivity index (χ1v) is 14.7. The van der Waals surface area contributed by atoms with Crippen LogP contribution in [-0.4, -0.2) is 33.8 Å². The van der Waals surface area contributed by atoms with E-state index in [0.29, 0.717) is 23.1 Å². The van der Waals surface area contributed by atoms with Gasteiger partial charge in [0.15, 0.2) is 5.17 Å². The topological polar surface area (TPSA) is 90.9 Å². The lowest BCUT2D eigenvalue weighted by Crippen LogP contribution is -2.42. The van der Waals surface area contributed by atoms with Gasteiger partial charge in [-0.25, -0.2) is 9.38 Å². The van der Waals surface area contributed by atoms with Crippen LogP contribution in [0.1, 0.15) is 28.2 Å². The molecule has 2 atom stereocenters. The van der Waals surface area contributed by atoms with Gasteiger partial charge in [0.05, 0.1) is 18.7 Å². The lowest BCUT2D eigenvalue weighted by atomic mass is 10.1. The maximum atomic E-state index is 13.8. The lowest BCUT2D eigenvalue weighted by Gasteiger charge is -2.16. The molecule has 0 radical (unpaired) electrons. The Morgan fingerprint density at radius 1 is 1.00 bits per heavy atom. The zero-order valence-electron chi connectivity index (χ0n) is 22.1. The highest BCUT2D eigenvalue weighted by Crippen LogP contribution is 2.41. The maximum Gasteiger partial charge on any atom is 0.246 e. The Kier molecular flexibility index (Phi) is 8.91. The Morgan fingerprint density at radius 2 is 1.78 bits per heavy atom. The molecule has 208 valence electrons. The largest absolute Gasteiger partial charge is 0.344 e. The number of carbonyl (C=O) groups is 3. The van der Waals surface area contributed by atoms with Crippen molar-refractivity contribution in [2.24, 2.45) is 4.99 Å². The number of hydrogen-bond donors (Lipinski definition) is 2. The van der Waals surface area contributed by atoms with Crippen LogP contribution in [0.5, 0.6) is 0 Å². The monoisotopic (exact) mass is 586 g/mol. The number of thioether (sulfide) groups is 1. The molecule has 1 aliphatic rings. The van der Waals surface area contributed by atoms with Gasteiger partial charge in [0, 0.05) is 10.6 Å². The summed E-state index contributed by atoms with van der Waals surface area (Å²) < 4.78 is 13.8. The van der Waals surface area contributed by atoms with Gasteiger partial charge in [-0.05, 0) is 59.8 Å². The minimum Gasteiger partial charge on any atom is -0.344 e. The SMILES string of the molecule is CC(NC(=O)Cc1ccccc1)C(=O)Nc1ccc(C2SC(=Nc3cccc(F)c3)N(Cc3cccs3)C2=O)cc1. The van der Waals surface area contributed by atoms with Gasteiger partial charge in [0.25, 0.3) is 0 Å². The number of anilines is 1. The van der Waals surface area contributed by atoms with Crippen molar-refractivity contribution in [3.8, 4) is 0 Å². The predicted octanol–water partition coefficient (Wildman–Crippen LogP) is 6.08. The minimum atomic E-state index is -0.731. The Bertz CT molecular complexity index is 1560. The van der Waals surface area contributed by atoms with E-state index in [9.17, 15) is 18.8 Å². The number of nitrogens with zero attached hydrogens (tertiary/aromatic N) is 2. The maximum absolute atomic E-state index is 13.8. The fourth-order valence-electron chi connectivity index (χ4n) is 4.24. The molecular weight excluding hydrogens is 559 g/mol. The van der Waals surface area contributed by atoms with Gasteiger partial charge in [-0.3, -0.25) is 19.3 Å². The summed E-state index contributed by atoms with van der Waals surface area (Å²) in [6.07, 6.45) is 0.189. The first-order valence-electron chi connectivity index (χ1n) is 12.9. The molecule has 7 nitrogen and oxygen atoms in total. The third-order valence-electron chi connectivity index (χ3n) is 6.33. The molecule has 3 aromatic carbocycles. The van der Waals surface area contributed by atoms with Crippen molar-refractivity contribution < 1.29 is 18.8 Å². The van der Waals surface area contributed by atoms with Crippen molar-refractivity contribution in [2.45, 2.75) is 31.2 Å². The van der Waals surface area contributed by atoms with Crippen molar-refractivity contribution in [3.05, 3.63) is 118 Å². The highest BCUT2D eigenvalue weighted by atomic mass is 32.2. The average molecular weight is 587 g/mol. The molecule has 0 aliphatic carbocycles. The van der Waals surface area contributed by atoms with Crippen LogP contribution in [0.15, 0.2) is 101 Å². The molecule has 2 N–H and O–H groups in total. The van der Waals surface area contributed by atoms with Crippen LogP contribution in [0.2, 0.25) is 0 Å². The van der Waals surface area contributed by atoms with Crippen LogP contribution in [0, 0.1) is 5.82 Å². The minimum absolute atomic E-state index is 0.120. The van der Waals surface area contributed by atoms with E-state index in [1.165, 1.54) is 23.9 Å². The second-order valence-corrected chi connectivity index (χ2v) is 11.5. The highest BCUT2D eigenvalue weighted by molar-refractivity contribution is 8.15. The van der Waals surface area contributed by atoms with E-state index in [0.717, 1.165) is 16.0 Å². The summed E-state index contributed by atoms with van der Waals surface area (Å²) in [5.41, 5.74) is 2.59. The van der Waals surface area contributed by atoms with Gasteiger partial charge in [-0.2, -0.15) is 0 Å². The second kappa shape index (κ2) is 12.9. The van der Waals surface area contributed by atoms with Gasteiger partial charge in [0.2, 0.25) is 17.7 Å². The molecule has 1 aliphatic heterocycles. The van der Waals surface area contributed by atoms with Gasteiger partial charge in [0.1, 0.15) is 17.1 Å². The van der Waals surface area contributed by atoms with Crippen LogP contribution in [0.4, 0.5) is 15.8 Å². The van der Waals surface area contributed by atoms with Crippen molar-refractivity contribution in [1.82, 2.24) is 10.2 Å². The zero-order chi connectivity index (χ0) is 28.8. The Morgan fingerprint density at radius 3 is 2.49 bits per heavy atom. The lowest BCUT2D eigenvalue weighted by molar-refractivity contribution is -0.126. The summed E-state index contributed by atoms with van der Waals surface area (Å²) in [7, 11) is 0. The number of halogens is 1. The average Bonchev–Trinajstić information content (AvgIpc) is 3.58. The Hall–Kier alpha value is -4.28. The van der Waals surface area contributed by atoms with Crippen LogP contribution < -0.4 is 10.6 Å². The zero-order valence-corrected chi connectivity index (χ0v) is 23.8. The van der Waals surface area contributed by atoms with Crippen LogP contribution in [0.25, 0.3) is 0 Å². The molecule has 5 rings (SSSR count). The third-order valence-corrected chi connectivity index (χ3v) is 8.42. The molecule has 0 bridgehead atoms. The van der Waals surface area contributed by atoms with Gasteiger partial charge in [-0.1, -0.05) is 66.4 Å². The van der Waals surface area contributed by atoms with Gasteiger partial charge in [-0.15, -0.1) is 11.3 Å².